The van der Waals surface area contributed by atoms with Gasteiger partial charge < -0.3 is 10.2 Å². The highest BCUT2D eigenvalue weighted by molar-refractivity contribution is 5.23. The van der Waals surface area contributed by atoms with Gasteiger partial charge in [0, 0.05) is 18.0 Å². The lowest BCUT2D eigenvalue weighted by Gasteiger charge is -2.11. The zero-order chi connectivity index (χ0) is 11.5. The van der Waals surface area contributed by atoms with Gasteiger partial charge in [-0.15, -0.1) is 0 Å². The Labute approximate surface area is 91.7 Å². The van der Waals surface area contributed by atoms with Gasteiger partial charge in [0.25, 0.3) is 0 Å². The molecule has 0 bridgehead atoms. The number of rotatable bonds is 3. The molecule has 2 aromatic rings. The summed E-state index contributed by atoms with van der Waals surface area (Å²) >= 11 is 0. The van der Waals surface area contributed by atoms with Crippen molar-refractivity contribution in [2.24, 2.45) is 5.73 Å². The number of hydrogen-bond donors (Lipinski definition) is 1. The maximum Gasteiger partial charge on any atom is 0.163 e. The molecule has 16 heavy (non-hydrogen) atoms. The Morgan fingerprint density at radius 3 is 2.69 bits per heavy atom. The first-order valence-corrected chi connectivity index (χ1v) is 4.90. The van der Waals surface area contributed by atoms with Gasteiger partial charge in [-0.05, 0) is 18.2 Å². The third-order valence-corrected chi connectivity index (χ3v) is 2.38. The van der Waals surface area contributed by atoms with E-state index in [2.05, 4.69) is 0 Å². The van der Waals surface area contributed by atoms with Gasteiger partial charge in [0.1, 0.15) is 5.76 Å². The zero-order valence-electron chi connectivity index (χ0n) is 8.49. The van der Waals surface area contributed by atoms with E-state index in [1.54, 1.807) is 12.1 Å². The quantitative estimate of drug-likeness (QED) is 0.868. The van der Waals surface area contributed by atoms with E-state index in [1.165, 1.54) is 18.4 Å². The molecular weight excluding hydrogens is 212 g/mol. The van der Waals surface area contributed by atoms with Crippen LogP contribution in [0, 0.1) is 11.6 Å². The molecule has 0 aliphatic rings. The van der Waals surface area contributed by atoms with Crippen molar-refractivity contribution in [2.75, 3.05) is 0 Å². The topological polar surface area (TPSA) is 39.2 Å². The van der Waals surface area contributed by atoms with Crippen LogP contribution in [0.3, 0.4) is 0 Å². The second-order valence-electron chi connectivity index (χ2n) is 3.53. The molecule has 0 amide bonds. The van der Waals surface area contributed by atoms with E-state index in [9.17, 15) is 8.78 Å². The van der Waals surface area contributed by atoms with E-state index in [0.717, 1.165) is 6.07 Å². The molecule has 1 unspecified atom stereocenters. The maximum atomic E-state index is 13.4. The highest BCUT2D eigenvalue weighted by atomic mass is 19.2. The summed E-state index contributed by atoms with van der Waals surface area (Å²) < 4.78 is 31.5. The Morgan fingerprint density at radius 1 is 1.19 bits per heavy atom. The van der Waals surface area contributed by atoms with E-state index in [0.29, 0.717) is 12.2 Å². The molecule has 0 spiro atoms. The Morgan fingerprint density at radius 2 is 2.00 bits per heavy atom. The van der Waals surface area contributed by atoms with Crippen LogP contribution in [0.2, 0.25) is 0 Å². The van der Waals surface area contributed by atoms with Crippen LogP contribution in [0.1, 0.15) is 17.4 Å². The number of nitrogens with two attached hydrogens (primary N) is 1. The van der Waals surface area contributed by atoms with Crippen molar-refractivity contribution in [1.29, 1.82) is 0 Å². The maximum absolute atomic E-state index is 13.4. The monoisotopic (exact) mass is 223 g/mol. The second kappa shape index (κ2) is 4.45. The minimum atomic E-state index is -0.887. The van der Waals surface area contributed by atoms with Gasteiger partial charge in [-0.3, -0.25) is 0 Å². The first-order valence-electron chi connectivity index (χ1n) is 4.90. The molecule has 0 saturated carbocycles. The summed E-state index contributed by atoms with van der Waals surface area (Å²) in [5.74, 6) is -1.12. The van der Waals surface area contributed by atoms with Crippen LogP contribution < -0.4 is 5.73 Å². The van der Waals surface area contributed by atoms with Gasteiger partial charge in [0.2, 0.25) is 0 Å². The summed E-state index contributed by atoms with van der Waals surface area (Å²) in [4.78, 5) is 0. The SMILES string of the molecule is NC(Cc1ccco1)c1cccc(F)c1F. The number of benzene rings is 1. The molecule has 2 rings (SSSR count). The minimum Gasteiger partial charge on any atom is -0.469 e. The fourth-order valence-electron chi connectivity index (χ4n) is 1.56. The van der Waals surface area contributed by atoms with Gasteiger partial charge >= 0.3 is 0 Å². The Hall–Kier alpha value is -1.68. The molecule has 0 radical (unpaired) electrons. The van der Waals surface area contributed by atoms with E-state index < -0.39 is 17.7 Å². The van der Waals surface area contributed by atoms with Crippen LogP contribution in [-0.4, -0.2) is 0 Å². The molecule has 1 aromatic heterocycles. The average molecular weight is 223 g/mol. The van der Waals surface area contributed by atoms with Crippen LogP contribution in [0.4, 0.5) is 8.78 Å². The molecule has 0 aliphatic heterocycles. The van der Waals surface area contributed by atoms with Crippen molar-refractivity contribution in [2.45, 2.75) is 12.5 Å². The molecule has 2 N–H and O–H groups in total. The summed E-state index contributed by atoms with van der Waals surface area (Å²) in [6, 6.07) is 6.85. The molecule has 4 heteroatoms. The molecule has 1 heterocycles. The molecule has 1 atom stereocenters. The van der Waals surface area contributed by atoms with Gasteiger partial charge in [-0.25, -0.2) is 8.78 Å². The highest BCUT2D eigenvalue weighted by Gasteiger charge is 2.15. The third kappa shape index (κ3) is 2.12. The smallest absolute Gasteiger partial charge is 0.163 e. The average Bonchev–Trinajstić information content (AvgIpc) is 2.74. The summed E-state index contributed by atoms with van der Waals surface area (Å²) in [6.45, 7) is 0. The van der Waals surface area contributed by atoms with Gasteiger partial charge in [-0.2, -0.15) is 0 Å². The van der Waals surface area contributed by atoms with Crippen LogP contribution >= 0.6 is 0 Å². The Balaban J connectivity index is 2.21. The van der Waals surface area contributed by atoms with Crippen LogP contribution in [0.25, 0.3) is 0 Å². The first kappa shape index (κ1) is 10.8. The molecule has 0 aliphatic carbocycles. The standard InChI is InChI=1S/C12H11F2NO/c13-10-5-1-4-9(12(10)14)11(15)7-8-3-2-6-16-8/h1-6,11H,7,15H2. The highest BCUT2D eigenvalue weighted by Crippen LogP contribution is 2.20. The largest absolute Gasteiger partial charge is 0.469 e. The number of furan rings is 1. The Kier molecular flexibility index (Phi) is 3.01. The molecular formula is C12H11F2NO. The van der Waals surface area contributed by atoms with E-state index in [4.69, 9.17) is 10.2 Å². The van der Waals surface area contributed by atoms with Crippen molar-refractivity contribution in [3.8, 4) is 0 Å². The zero-order valence-corrected chi connectivity index (χ0v) is 8.49. The van der Waals surface area contributed by atoms with Crippen LogP contribution in [-0.2, 0) is 6.42 Å². The predicted molar refractivity (Wildman–Crippen MR) is 55.7 cm³/mol. The number of halogens is 2. The number of hydrogen-bond acceptors (Lipinski definition) is 2. The lowest BCUT2D eigenvalue weighted by atomic mass is 10.0. The van der Waals surface area contributed by atoms with Gasteiger partial charge in [0.15, 0.2) is 11.6 Å². The van der Waals surface area contributed by atoms with Crippen LogP contribution in [0.15, 0.2) is 41.0 Å². The van der Waals surface area contributed by atoms with Gasteiger partial charge in [0.05, 0.1) is 6.26 Å². The normalized spacial score (nSPS) is 12.7. The van der Waals surface area contributed by atoms with Gasteiger partial charge in [-0.1, -0.05) is 12.1 Å². The molecule has 0 fully saturated rings. The van der Waals surface area contributed by atoms with Crippen molar-refractivity contribution < 1.29 is 13.2 Å². The summed E-state index contributed by atoms with van der Waals surface area (Å²) in [5.41, 5.74) is 5.95. The fourth-order valence-corrected chi connectivity index (χ4v) is 1.56. The molecule has 2 nitrogen and oxygen atoms in total. The summed E-state index contributed by atoms with van der Waals surface area (Å²) in [7, 11) is 0. The van der Waals surface area contributed by atoms with E-state index >= 15 is 0 Å². The first-order chi connectivity index (χ1) is 7.68. The predicted octanol–water partition coefficient (Wildman–Crippen LogP) is 2.80. The molecule has 84 valence electrons. The lowest BCUT2D eigenvalue weighted by molar-refractivity contribution is 0.464. The molecule has 1 aromatic carbocycles. The van der Waals surface area contributed by atoms with E-state index in [1.807, 2.05) is 0 Å². The molecule has 0 saturated heterocycles. The van der Waals surface area contributed by atoms with Crippen molar-refractivity contribution in [3.05, 3.63) is 59.6 Å². The fraction of sp³-hybridized carbons (Fsp3) is 0.167. The van der Waals surface area contributed by atoms with Crippen molar-refractivity contribution in [1.82, 2.24) is 0 Å². The third-order valence-electron chi connectivity index (χ3n) is 2.38. The minimum absolute atomic E-state index is 0.163. The summed E-state index contributed by atoms with van der Waals surface area (Å²) in [5, 5.41) is 0. The van der Waals surface area contributed by atoms with Crippen LogP contribution in [0.5, 0.6) is 0 Å². The van der Waals surface area contributed by atoms with Crippen molar-refractivity contribution in [3.63, 3.8) is 0 Å². The summed E-state index contributed by atoms with van der Waals surface area (Å²) in [6.07, 6.45) is 1.86. The van der Waals surface area contributed by atoms with E-state index in [-0.39, 0.29) is 5.56 Å². The van der Waals surface area contributed by atoms with Crippen molar-refractivity contribution >= 4 is 0 Å². The lowest BCUT2D eigenvalue weighted by Crippen LogP contribution is -2.15. The second-order valence-corrected chi connectivity index (χ2v) is 3.53. The Bertz CT molecular complexity index is 468.